The van der Waals surface area contributed by atoms with Crippen LogP contribution in [-0.2, 0) is 0 Å². The maximum atomic E-state index is 13.2. The number of methoxy groups -OCH3 is 3. The van der Waals surface area contributed by atoms with Crippen LogP contribution in [0.4, 0.5) is 8.78 Å². The molecule has 0 bridgehead atoms. The summed E-state index contributed by atoms with van der Waals surface area (Å²) in [4.78, 5) is 2.06. The zero-order chi connectivity index (χ0) is 16.8. The Labute approximate surface area is 147 Å². The van der Waals surface area contributed by atoms with Crippen molar-refractivity contribution < 1.29 is 23.0 Å². The number of nitrogens with one attached hydrogen (secondary N) is 1. The molecule has 0 saturated carbocycles. The van der Waals surface area contributed by atoms with Gasteiger partial charge < -0.3 is 19.5 Å². The number of hydrogen-bond donors (Lipinski definition) is 1. The zero-order valence-electron chi connectivity index (χ0n) is 14.2. The van der Waals surface area contributed by atoms with Crippen molar-refractivity contribution in [2.75, 3.05) is 47.5 Å². The smallest absolute Gasteiger partial charge is 0.240 e. The molecular formula is C16H25ClF2N2O3. The molecule has 0 unspecified atom stereocenters. The second-order valence-electron chi connectivity index (χ2n) is 5.35. The van der Waals surface area contributed by atoms with Crippen molar-refractivity contribution in [1.29, 1.82) is 0 Å². The van der Waals surface area contributed by atoms with E-state index in [1.54, 1.807) is 12.1 Å². The van der Waals surface area contributed by atoms with E-state index < -0.39 is 12.5 Å². The first kappa shape index (κ1) is 20.7. The molecular weight excluding hydrogens is 342 g/mol. The third kappa shape index (κ3) is 4.62. The van der Waals surface area contributed by atoms with Crippen LogP contribution in [-0.4, -0.2) is 58.8 Å². The van der Waals surface area contributed by atoms with Crippen LogP contribution in [0, 0.1) is 0 Å². The van der Waals surface area contributed by atoms with E-state index in [1.807, 2.05) is 0 Å². The summed E-state index contributed by atoms with van der Waals surface area (Å²) in [5.41, 5.74) is 0.701. The number of alkyl halides is 2. The fourth-order valence-electron chi connectivity index (χ4n) is 3.02. The summed E-state index contributed by atoms with van der Waals surface area (Å²) in [5, 5.41) is 3.24. The quantitative estimate of drug-likeness (QED) is 0.803. The van der Waals surface area contributed by atoms with E-state index >= 15 is 0 Å². The minimum Gasteiger partial charge on any atom is -0.493 e. The summed E-state index contributed by atoms with van der Waals surface area (Å²) in [6.45, 7) is 3.01. The first-order chi connectivity index (χ1) is 11.1. The molecule has 1 aromatic rings. The highest BCUT2D eigenvalue weighted by Gasteiger charge is 2.30. The van der Waals surface area contributed by atoms with Crippen LogP contribution >= 0.6 is 12.4 Å². The van der Waals surface area contributed by atoms with Gasteiger partial charge in [-0.05, 0) is 12.1 Å². The first-order valence-corrected chi connectivity index (χ1v) is 7.64. The lowest BCUT2D eigenvalue weighted by Gasteiger charge is -2.36. The third-order valence-corrected chi connectivity index (χ3v) is 4.09. The van der Waals surface area contributed by atoms with E-state index in [-0.39, 0.29) is 18.8 Å². The predicted octanol–water partition coefficient (Wildman–Crippen LogP) is 2.74. The van der Waals surface area contributed by atoms with Crippen molar-refractivity contribution in [3.8, 4) is 17.2 Å². The highest BCUT2D eigenvalue weighted by atomic mass is 35.5. The van der Waals surface area contributed by atoms with Crippen LogP contribution in [0.25, 0.3) is 0 Å². The van der Waals surface area contributed by atoms with E-state index in [9.17, 15) is 8.78 Å². The van der Waals surface area contributed by atoms with Gasteiger partial charge in [-0.15, -0.1) is 12.4 Å². The molecule has 1 aliphatic rings. The van der Waals surface area contributed by atoms with Gasteiger partial charge >= 0.3 is 0 Å². The highest BCUT2D eigenvalue weighted by Crippen LogP contribution is 2.44. The maximum Gasteiger partial charge on any atom is 0.240 e. The molecule has 1 heterocycles. The lowest BCUT2D eigenvalue weighted by Crippen LogP contribution is -2.45. The molecule has 2 rings (SSSR count). The zero-order valence-corrected chi connectivity index (χ0v) is 15.0. The topological polar surface area (TPSA) is 43.0 Å². The number of nitrogens with zero attached hydrogens (tertiary/aromatic N) is 1. The van der Waals surface area contributed by atoms with Gasteiger partial charge in [0.15, 0.2) is 11.5 Å². The van der Waals surface area contributed by atoms with E-state index in [1.165, 1.54) is 21.3 Å². The van der Waals surface area contributed by atoms with Crippen molar-refractivity contribution in [1.82, 2.24) is 10.2 Å². The molecule has 0 aromatic heterocycles. The van der Waals surface area contributed by atoms with Gasteiger partial charge in [0.1, 0.15) is 0 Å². The predicted molar refractivity (Wildman–Crippen MR) is 91.2 cm³/mol. The van der Waals surface area contributed by atoms with E-state index in [0.29, 0.717) is 22.8 Å². The van der Waals surface area contributed by atoms with Crippen LogP contribution in [0.1, 0.15) is 18.0 Å². The largest absolute Gasteiger partial charge is 0.493 e. The highest BCUT2D eigenvalue weighted by molar-refractivity contribution is 5.85. The summed E-state index contributed by atoms with van der Waals surface area (Å²) in [6, 6.07) is 3.10. The van der Waals surface area contributed by atoms with Gasteiger partial charge in [-0.25, -0.2) is 8.78 Å². The van der Waals surface area contributed by atoms with Crippen molar-refractivity contribution in [2.45, 2.75) is 18.9 Å². The molecule has 5 nitrogen and oxygen atoms in total. The second-order valence-corrected chi connectivity index (χ2v) is 5.35. The standard InChI is InChI=1S/C16H24F2N2O3.ClH/c1-21-13-5-4-11(15(22-2)16(13)23-3)12(10-14(17)18)20-8-6-19-7-9-20;/h4-5,12,14,19H,6-10H2,1-3H3;1H/t12-;/m1./s1. The second kappa shape index (κ2) is 9.86. The van der Waals surface area contributed by atoms with Crippen LogP contribution in [0.5, 0.6) is 17.2 Å². The molecule has 0 amide bonds. The SMILES string of the molecule is COc1ccc([C@@H](CC(F)F)N2CCNCC2)c(OC)c1OC.Cl. The summed E-state index contributed by atoms with van der Waals surface area (Å²) < 4.78 is 42.4. The lowest BCUT2D eigenvalue weighted by molar-refractivity contribution is 0.0727. The Bertz CT molecular complexity index is 514. The minimum absolute atomic E-state index is 0. The molecule has 0 aliphatic carbocycles. The number of ether oxygens (including phenoxy) is 3. The Morgan fingerprint density at radius 3 is 2.17 bits per heavy atom. The molecule has 24 heavy (non-hydrogen) atoms. The fourth-order valence-corrected chi connectivity index (χ4v) is 3.02. The number of benzene rings is 1. The molecule has 1 fully saturated rings. The van der Waals surface area contributed by atoms with Crippen LogP contribution < -0.4 is 19.5 Å². The van der Waals surface area contributed by atoms with Crippen molar-refractivity contribution in [2.24, 2.45) is 0 Å². The Hall–Kier alpha value is -1.31. The Morgan fingerprint density at radius 1 is 1.04 bits per heavy atom. The van der Waals surface area contributed by atoms with Crippen molar-refractivity contribution in [3.05, 3.63) is 17.7 Å². The molecule has 8 heteroatoms. The summed E-state index contributed by atoms with van der Waals surface area (Å²) in [5.74, 6) is 1.40. The van der Waals surface area contributed by atoms with E-state index in [2.05, 4.69) is 10.2 Å². The molecule has 1 atom stereocenters. The summed E-state index contributed by atoms with van der Waals surface area (Å²) in [6.07, 6.45) is -2.64. The normalized spacial score (nSPS) is 16.4. The van der Waals surface area contributed by atoms with Gasteiger partial charge in [0.2, 0.25) is 12.2 Å². The number of hydrogen-bond acceptors (Lipinski definition) is 5. The molecule has 138 valence electrons. The Morgan fingerprint density at radius 2 is 1.67 bits per heavy atom. The van der Waals surface area contributed by atoms with E-state index in [0.717, 1.165) is 26.2 Å². The minimum atomic E-state index is -2.40. The van der Waals surface area contributed by atoms with Crippen molar-refractivity contribution in [3.63, 3.8) is 0 Å². The van der Waals surface area contributed by atoms with Gasteiger partial charge in [0.25, 0.3) is 0 Å². The number of halogens is 3. The molecule has 0 radical (unpaired) electrons. The van der Waals surface area contributed by atoms with Crippen LogP contribution in [0.3, 0.4) is 0 Å². The summed E-state index contributed by atoms with van der Waals surface area (Å²) in [7, 11) is 4.55. The van der Waals surface area contributed by atoms with E-state index in [4.69, 9.17) is 14.2 Å². The average molecular weight is 367 g/mol. The molecule has 0 spiro atoms. The lowest BCUT2D eigenvalue weighted by atomic mass is 9.99. The molecule has 1 N–H and O–H groups in total. The molecule has 1 aliphatic heterocycles. The summed E-state index contributed by atoms with van der Waals surface area (Å²) >= 11 is 0. The third-order valence-electron chi connectivity index (χ3n) is 4.09. The average Bonchev–Trinajstić information content (AvgIpc) is 2.58. The van der Waals surface area contributed by atoms with Gasteiger partial charge in [-0.1, -0.05) is 0 Å². The first-order valence-electron chi connectivity index (χ1n) is 7.64. The monoisotopic (exact) mass is 366 g/mol. The number of rotatable bonds is 7. The molecule has 1 saturated heterocycles. The Kier molecular flexibility index (Phi) is 8.52. The molecule has 1 aromatic carbocycles. The number of piperazine rings is 1. The van der Waals surface area contributed by atoms with Gasteiger partial charge in [0, 0.05) is 44.2 Å². The van der Waals surface area contributed by atoms with Crippen molar-refractivity contribution >= 4 is 12.4 Å². The van der Waals surface area contributed by atoms with Gasteiger partial charge in [-0.2, -0.15) is 0 Å². The van der Waals surface area contributed by atoms with Crippen LogP contribution in [0.2, 0.25) is 0 Å². The van der Waals surface area contributed by atoms with Gasteiger partial charge in [0.05, 0.1) is 21.3 Å². The Balaban J connectivity index is 0.00000288. The van der Waals surface area contributed by atoms with Crippen LogP contribution in [0.15, 0.2) is 12.1 Å². The maximum absolute atomic E-state index is 13.2. The fraction of sp³-hybridized carbons (Fsp3) is 0.625. The van der Waals surface area contributed by atoms with Gasteiger partial charge in [-0.3, -0.25) is 4.90 Å².